The summed E-state index contributed by atoms with van der Waals surface area (Å²) in [5, 5.41) is 0. The van der Waals surface area contributed by atoms with Crippen LogP contribution >= 0.6 is 0 Å². The van der Waals surface area contributed by atoms with E-state index in [9.17, 15) is 4.79 Å². The summed E-state index contributed by atoms with van der Waals surface area (Å²) in [7, 11) is 0. The maximum Gasteiger partial charge on any atom is 0.345 e. The average Bonchev–Trinajstić information content (AvgIpc) is 1.86. The van der Waals surface area contributed by atoms with Gasteiger partial charge >= 0.3 is 5.82 Å². The van der Waals surface area contributed by atoms with Crippen molar-refractivity contribution < 1.29 is 44.4 Å². The molecule has 0 N–H and O–H groups in total. The maximum atomic E-state index is 9.70. The van der Waals surface area contributed by atoms with E-state index < -0.39 is 5.82 Å². The molecular weight excluding hydrogens is 223 g/mol. The summed E-state index contributed by atoms with van der Waals surface area (Å²) in [5.74, 6) is -0.713. The van der Waals surface area contributed by atoms with Crippen LogP contribution in [-0.2, 0) is 0 Å². The molecule has 0 aliphatic heterocycles. The molecule has 3 nitrogen and oxygen atoms in total. The zero-order chi connectivity index (χ0) is 4.41. The standard InChI is InChI=1S/C3HO3.La/c4-3-5-1-2-6-3;/h1H;/q-1;. The van der Waals surface area contributed by atoms with Gasteiger partial charge in [0, 0.05) is 41.9 Å². The Kier molecular flexibility index (Phi) is 3.33. The molecule has 1 heterocycles. The van der Waals surface area contributed by atoms with Crippen LogP contribution in [0.3, 0.4) is 0 Å². The molecule has 35 valence electrons. The summed E-state index contributed by atoms with van der Waals surface area (Å²) in [4.78, 5) is 9.70. The van der Waals surface area contributed by atoms with Crippen molar-refractivity contribution in [2.45, 2.75) is 0 Å². The van der Waals surface area contributed by atoms with Gasteiger partial charge in [-0.3, -0.25) is 0 Å². The summed E-state index contributed by atoms with van der Waals surface area (Å²) in [6.07, 6.45) is 3.13. The fraction of sp³-hybridized carbons (Fsp3) is 0. The zero-order valence-electron chi connectivity index (χ0n) is 3.38. The topological polar surface area (TPSA) is 43.4 Å². The van der Waals surface area contributed by atoms with Gasteiger partial charge in [0.15, 0.2) is 0 Å². The smallest absolute Gasteiger partial charge is 0.345 e. The maximum absolute atomic E-state index is 9.70. The molecule has 4 heteroatoms. The van der Waals surface area contributed by atoms with Crippen molar-refractivity contribution in [2.24, 2.45) is 0 Å². The molecule has 0 aliphatic carbocycles. The van der Waals surface area contributed by atoms with E-state index in [1.807, 2.05) is 0 Å². The molecule has 1 radical (unpaired) electrons. The predicted octanol–water partition coefficient (Wildman–Crippen LogP) is 0.0330. The number of rotatable bonds is 0. The molecule has 1 aromatic rings. The zero-order valence-corrected chi connectivity index (χ0v) is 7.01. The first-order valence-corrected chi connectivity index (χ1v) is 1.34. The Bertz CT molecular complexity index is 148. The Balaban J connectivity index is 0.000000360. The third-order valence-corrected chi connectivity index (χ3v) is 0.346. The quantitative estimate of drug-likeness (QED) is 0.584. The monoisotopic (exact) mass is 224 g/mol. The molecule has 0 atom stereocenters. The van der Waals surface area contributed by atoms with E-state index >= 15 is 0 Å². The van der Waals surface area contributed by atoms with Crippen LogP contribution in [0.4, 0.5) is 0 Å². The van der Waals surface area contributed by atoms with Gasteiger partial charge in [0.2, 0.25) is 0 Å². The number of hydrogen-bond donors (Lipinski definition) is 0. The van der Waals surface area contributed by atoms with Gasteiger partial charge in [0.25, 0.3) is 0 Å². The average molecular weight is 224 g/mol. The molecule has 0 saturated heterocycles. The van der Waals surface area contributed by atoms with Gasteiger partial charge in [-0.15, -0.1) is 0 Å². The summed E-state index contributed by atoms with van der Waals surface area (Å²) < 4.78 is 8.04. The molecule has 0 bridgehead atoms. The predicted molar refractivity (Wildman–Crippen MR) is 16.1 cm³/mol. The van der Waals surface area contributed by atoms with Crippen LogP contribution in [0, 0.1) is 41.9 Å². The van der Waals surface area contributed by atoms with Gasteiger partial charge in [-0.05, 0) is 6.26 Å². The summed E-state index contributed by atoms with van der Waals surface area (Å²) in [6.45, 7) is 0. The minimum Gasteiger partial charge on any atom is -0.585 e. The fourth-order valence-corrected chi connectivity index (χ4v) is 0.168. The van der Waals surface area contributed by atoms with Gasteiger partial charge in [-0.1, -0.05) is 0 Å². The SMILES string of the molecule is O=c1o[c-]co1.[La]. The third kappa shape index (κ3) is 2.11. The largest absolute Gasteiger partial charge is 0.585 e. The molecular formula is C3HLaO3-. The second-order valence-electron chi connectivity index (χ2n) is 0.706. The van der Waals surface area contributed by atoms with Gasteiger partial charge < -0.3 is 13.6 Å². The van der Waals surface area contributed by atoms with E-state index in [2.05, 4.69) is 15.1 Å². The van der Waals surface area contributed by atoms with Crippen molar-refractivity contribution in [1.29, 1.82) is 0 Å². The Labute approximate surface area is 67.3 Å². The van der Waals surface area contributed by atoms with Crippen LogP contribution < -0.4 is 5.82 Å². The fourth-order valence-electron chi connectivity index (χ4n) is 0.168. The molecule has 1 rings (SSSR count). The first-order chi connectivity index (χ1) is 2.89. The van der Waals surface area contributed by atoms with Crippen LogP contribution in [-0.4, -0.2) is 0 Å². The van der Waals surface area contributed by atoms with E-state index in [0.29, 0.717) is 0 Å². The van der Waals surface area contributed by atoms with E-state index in [0.717, 1.165) is 6.26 Å². The summed E-state index contributed by atoms with van der Waals surface area (Å²) in [5.41, 5.74) is 0. The molecule has 1 aromatic heterocycles. The Morgan fingerprint density at radius 3 is 2.57 bits per heavy atom. The van der Waals surface area contributed by atoms with Crippen LogP contribution in [0.5, 0.6) is 0 Å². The van der Waals surface area contributed by atoms with Crippen LogP contribution in [0.1, 0.15) is 0 Å². The molecule has 0 amide bonds. The van der Waals surface area contributed by atoms with Gasteiger partial charge in [-0.2, -0.15) is 0 Å². The van der Waals surface area contributed by atoms with E-state index in [1.165, 1.54) is 0 Å². The molecule has 0 spiro atoms. The molecule has 0 aromatic carbocycles. The molecule has 0 fully saturated rings. The normalized spacial score (nSPS) is 7.43. The van der Waals surface area contributed by atoms with Gasteiger partial charge in [0.1, 0.15) is 0 Å². The molecule has 0 unspecified atom stereocenters. The third-order valence-electron chi connectivity index (χ3n) is 0.346. The first kappa shape index (κ1) is 7.20. The Morgan fingerprint density at radius 1 is 1.71 bits per heavy atom. The minimum atomic E-state index is -0.713. The first-order valence-electron chi connectivity index (χ1n) is 1.34. The van der Waals surface area contributed by atoms with Crippen molar-refractivity contribution in [3.8, 4) is 0 Å². The van der Waals surface area contributed by atoms with E-state index in [1.54, 1.807) is 0 Å². The van der Waals surface area contributed by atoms with Crippen LogP contribution in [0.25, 0.3) is 0 Å². The van der Waals surface area contributed by atoms with E-state index in [4.69, 9.17) is 0 Å². The minimum absolute atomic E-state index is 0. The second kappa shape index (κ2) is 3.24. The van der Waals surface area contributed by atoms with Crippen molar-refractivity contribution in [3.05, 3.63) is 23.1 Å². The van der Waals surface area contributed by atoms with Crippen molar-refractivity contribution in [3.63, 3.8) is 0 Å². The summed E-state index contributed by atoms with van der Waals surface area (Å²) >= 11 is 0. The van der Waals surface area contributed by atoms with Crippen LogP contribution in [0.15, 0.2) is 19.9 Å². The Morgan fingerprint density at radius 2 is 2.43 bits per heavy atom. The van der Waals surface area contributed by atoms with E-state index in [-0.39, 0.29) is 35.6 Å². The van der Waals surface area contributed by atoms with Gasteiger partial charge in [0.05, 0.1) is 0 Å². The van der Waals surface area contributed by atoms with Crippen molar-refractivity contribution in [2.75, 3.05) is 0 Å². The van der Waals surface area contributed by atoms with Crippen molar-refractivity contribution in [1.82, 2.24) is 0 Å². The Hall–Kier alpha value is 0.205. The summed E-state index contributed by atoms with van der Waals surface area (Å²) in [6, 6.07) is 0. The van der Waals surface area contributed by atoms with Crippen molar-refractivity contribution >= 4 is 0 Å². The number of hydrogen-bond acceptors (Lipinski definition) is 3. The second-order valence-corrected chi connectivity index (χ2v) is 0.706. The van der Waals surface area contributed by atoms with Crippen LogP contribution in [0.2, 0.25) is 0 Å². The van der Waals surface area contributed by atoms with Gasteiger partial charge in [-0.25, -0.2) is 0 Å². The molecule has 0 aliphatic rings. The molecule has 0 saturated carbocycles. The molecule has 7 heavy (non-hydrogen) atoms.